The molecule has 1 unspecified atom stereocenters. The minimum atomic E-state index is -0.0137. The lowest BCUT2D eigenvalue weighted by molar-refractivity contribution is -0.137. The van der Waals surface area contributed by atoms with Crippen LogP contribution in [0.2, 0.25) is 0 Å². The molecule has 0 bridgehead atoms. The highest BCUT2D eigenvalue weighted by Crippen LogP contribution is 2.34. The van der Waals surface area contributed by atoms with Crippen LogP contribution in [0.25, 0.3) is 0 Å². The largest absolute Gasteiger partial charge is 0.375 e. The molecule has 0 radical (unpaired) electrons. The Balaban J connectivity index is 1.74. The summed E-state index contributed by atoms with van der Waals surface area (Å²) < 4.78 is 5.45. The fraction of sp³-hybridized carbons (Fsp3) is 0.467. The minimum Gasteiger partial charge on any atom is -0.375 e. The number of fused-ring (bicyclic) bond motifs is 1. The summed E-state index contributed by atoms with van der Waals surface area (Å²) in [7, 11) is 0. The van der Waals surface area contributed by atoms with Crippen LogP contribution in [0.3, 0.4) is 0 Å². The van der Waals surface area contributed by atoms with Gasteiger partial charge in [0.1, 0.15) is 6.54 Å². The number of ether oxygens (including phenoxy) is 1. The standard InChI is InChI=1S/C15H18N2O3S/c1-11-8-16(6-7-20-11)14(18)9-17-12-4-2-3-5-13(12)21-10-15(17)19/h2-5,11H,6-10H2,1H3. The summed E-state index contributed by atoms with van der Waals surface area (Å²) in [6.45, 7) is 3.83. The molecule has 5 nitrogen and oxygen atoms in total. The van der Waals surface area contributed by atoms with E-state index in [0.29, 0.717) is 25.4 Å². The van der Waals surface area contributed by atoms with E-state index in [9.17, 15) is 9.59 Å². The Bertz CT molecular complexity index is 564. The maximum Gasteiger partial charge on any atom is 0.242 e. The Labute approximate surface area is 128 Å². The first-order chi connectivity index (χ1) is 10.1. The summed E-state index contributed by atoms with van der Waals surface area (Å²) in [5.74, 6) is 0.373. The SMILES string of the molecule is CC1CN(C(=O)CN2C(=O)CSc3ccccc32)CCO1. The van der Waals surface area contributed by atoms with Crippen LogP contribution in [0, 0.1) is 0 Å². The summed E-state index contributed by atoms with van der Waals surface area (Å²) in [6.07, 6.45) is 0.0580. The van der Waals surface area contributed by atoms with Crippen molar-refractivity contribution in [3.8, 4) is 0 Å². The number of amides is 2. The molecule has 0 aromatic heterocycles. The molecule has 2 heterocycles. The fourth-order valence-corrected chi connectivity index (χ4v) is 3.54. The fourth-order valence-electron chi connectivity index (χ4n) is 2.61. The zero-order valence-corrected chi connectivity index (χ0v) is 12.8. The number of nitrogens with zero attached hydrogens (tertiary/aromatic N) is 2. The van der Waals surface area contributed by atoms with Gasteiger partial charge < -0.3 is 14.5 Å². The van der Waals surface area contributed by atoms with Crippen LogP contribution in [-0.4, -0.2) is 54.8 Å². The van der Waals surface area contributed by atoms with Crippen LogP contribution in [0.4, 0.5) is 5.69 Å². The zero-order valence-electron chi connectivity index (χ0n) is 11.9. The van der Waals surface area contributed by atoms with Gasteiger partial charge in [0.2, 0.25) is 11.8 Å². The van der Waals surface area contributed by atoms with Crippen molar-refractivity contribution >= 4 is 29.3 Å². The molecule has 1 atom stereocenters. The molecule has 0 spiro atoms. The highest BCUT2D eigenvalue weighted by Gasteiger charge is 2.29. The van der Waals surface area contributed by atoms with Gasteiger partial charge in [-0.25, -0.2) is 0 Å². The van der Waals surface area contributed by atoms with Crippen molar-refractivity contribution in [1.29, 1.82) is 0 Å². The van der Waals surface area contributed by atoms with Crippen LogP contribution in [0.1, 0.15) is 6.92 Å². The molecule has 2 aliphatic heterocycles. The first-order valence-electron chi connectivity index (χ1n) is 7.06. The normalized spacial score (nSPS) is 22.1. The molecule has 1 aromatic rings. The van der Waals surface area contributed by atoms with Crippen molar-refractivity contribution in [2.45, 2.75) is 17.9 Å². The van der Waals surface area contributed by atoms with E-state index >= 15 is 0 Å². The van der Waals surface area contributed by atoms with Gasteiger partial charge in [-0.05, 0) is 19.1 Å². The van der Waals surface area contributed by atoms with E-state index in [2.05, 4.69) is 0 Å². The first kappa shape index (κ1) is 14.4. The third-order valence-electron chi connectivity index (χ3n) is 3.70. The van der Waals surface area contributed by atoms with E-state index in [1.54, 1.807) is 9.80 Å². The third kappa shape index (κ3) is 3.06. The van der Waals surface area contributed by atoms with E-state index in [0.717, 1.165) is 10.6 Å². The summed E-state index contributed by atoms with van der Waals surface area (Å²) >= 11 is 1.53. The molecule has 1 fully saturated rings. The van der Waals surface area contributed by atoms with Gasteiger partial charge in [0.05, 0.1) is 24.2 Å². The van der Waals surface area contributed by atoms with Gasteiger partial charge in [-0.3, -0.25) is 9.59 Å². The number of rotatable bonds is 2. The predicted octanol–water partition coefficient (Wildman–Crippen LogP) is 1.37. The quantitative estimate of drug-likeness (QED) is 0.828. The third-order valence-corrected chi connectivity index (χ3v) is 4.74. The summed E-state index contributed by atoms with van der Waals surface area (Å²) in [4.78, 5) is 29.0. The van der Waals surface area contributed by atoms with Crippen molar-refractivity contribution < 1.29 is 14.3 Å². The zero-order chi connectivity index (χ0) is 14.8. The number of benzene rings is 1. The van der Waals surface area contributed by atoms with Gasteiger partial charge in [0.25, 0.3) is 0 Å². The summed E-state index contributed by atoms with van der Waals surface area (Å²) in [5, 5.41) is 0. The molecule has 1 saturated heterocycles. The maximum atomic E-state index is 12.4. The van der Waals surface area contributed by atoms with Crippen LogP contribution in [0.15, 0.2) is 29.2 Å². The Morgan fingerprint density at radius 1 is 1.43 bits per heavy atom. The summed E-state index contributed by atoms with van der Waals surface area (Å²) in [5.41, 5.74) is 0.841. The van der Waals surface area contributed by atoms with Crippen LogP contribution in [0.5, 0.6) is 0 Å². The molecule has 112 valence electrons. The van der Waals surface area contributed by atoms with Crippen molar-refractivity contribution in [1.82, 2.24) is 4.90 Å². The number of carbonyl (C=O) groups is 2. The molecule has 0 saturated carbocycles. The van der Waals surface area contributed by atoms with Gasteiger partial charge in [0.15, 0.2) is 0 Å². The minimum absolute atomic E-state index is 0.00615. The van der Waals surface area contributed by atoms with E-state index < -0.39 is 0 Å². The highest BCUT2D eigenvalue weighted by molar-refractivity contribution is 8.00. The van der Waals surface area contributed by atoms with E-state index in [1.165, 1.54) is 11.8 Å². The Morgan fingerprint density at radius 2 is 2.24 bits per heavy atom. The second kappa shape index (κ2) is 6.07. The number of carbonyl (C=O) groups excluding carboxylic acids is 2. The monoisotopic (exact) mass is 306 g/mol. The molecular formula is C15H18N2O3S. The number of anilines is 1. The van der Waals surface area contributed by atoms with Gasteiger partial charge >= 0.3 is 0 Å². The molecule has 1 aromatic carbocycles. The maximum absolute atomic E-state index is 12.4. The van der Waals surface area contributed by atoms with Crippen LogP contribution >= 0.6 is 11.8 Å². The predicted molar refractivity (Wildman–Crippen MR) is 81.5 cm³/mol. The Hall–Kier alpha value is -1.53. The number of hydrogen-bond donors (Lipinski definition) is 0. The van der Waals surface area contributed by atoms with Gasteiger partial charge in [-0.1, -0.05) is 12.1 Å². The molecule has 0 N–H and O–H groups in total. The number of morpholine rings is 1. The summed E-state index contributed by atoms with van der Waals surface area (Å²) in [6, 6.07) is 7.73. The van der Waals surface area contributed by atoms with E-state index in [-0.39, 0.29) is 24.5 Å². The number of para-hydroxylation sites is 1. The second-order valence-electron chi connectivity index (χ2n) is 5.26. The topological polar surface area (TPSA) is 49.9 Å². The van der Waals surface area contributed by atoms with Crippen molar-refractivity contribution in [2.75, 3.05) is 36.9 Å². The second-order valence-corrected chi connectivity index (χ2v) is 6.27. The molecular weight excluding hydrogens is 288 g/mol. The van der Waals surface area contributed by atoms with Crippen molar-refractivity contribution in [2.24, 2.45) is 0 Å². The molecule has 21 heavy (non-hydrogen) atoms. The van der Waals surface area contributed by atoms with Crippen LogP contribution in [-0.2, 0) is 14.3 Å². The van der Waals surface area contributed by atoms with E-state index in [4.69, 9.17) is 4.74 Å². The average Bonchev–Trinajstić information content (AvgIpc) is 2.50. The number of hydrogen-bond acceptors (Lipinski definition) is 4. The smallest absolute Gasteiger partial charge is 0.242 e. The van der Waals surface area contributed by atoms with Gasteiger partial charge in [-0.2, -0.15) is 0 Å². The van der Waals surface area contributed by atoms with Gasteiger partial charge in [0, 0.05) is 18.0 Å². The Kier molecular flexibility index (Phi) is 4.17. The lowest BCUT2D eigenvalue weighted by atomic mass is 10.2. The van der Waals surface area contributed by atoms with Crippen LogP contribution < -0.4 is 4.90 Å². The van der Waals surface area contributed by atoms with Crippen molar-refractivity contribution in [3.63, 3.8) is 0 Å². The van der Waals surface area contributed by atoms with E-state index in [1.807, 2.05) is 31.2 Å². The lowest BCUT2D eigenvalue weighted by Crippen LogP contribution is -2.50. The molecule has 6 heteroatoms. The first-order valence-corrected chi connectivity index (χ1v) is 8.05. The molecule has 0 aliphatic carbocycles. The lowest BCUT2D eigenvalue weighted by Gasteiger charge is -2.34. The Morgan fingerprint density at radius 3 is 3.05 bits per heavy atom. The molecule has 2 amide bonds. The van der Waals surface area contributed by atoms with Crippen molar-refractivity contribution in [3.05, 3.63) is 24.3 Å². The molecule has 2 aliphatic rings. The van der Waals surface area contributed by atoms with Gasteiger partial charge in [-0.15, -0.1) is 11.8 Å². The average molecular weight is 306 g/mol. The highest BCUT2D eigenvalue weighted by atomic mass is 32.2. The molecule has 3 rings (SSSR count). The number of thioether (sulfide) groups is 1.